The van der Waals surface area contributed by atoms with Crippen molar-refractivity contribution in [3.8, 4) is 17.2 Å². The van der Waals surface area contributed by atoms with E-state index in [0.29, 0.717) is 20.5 Å². The highest BCUT2D eigenvalue weighted by Gasteiger charge is 2.33. The SMILES string of the molecule is CCOc1cc(/C=C2/SC(=S)N(c3cccc(SC)c3)C2=O)ccc1Oc1ccc([N+](=O)[O-])cc1[N+](=O)[O-]. The zero-order valence-electron chi connectivity index (χ0n) is 20.0. The van der Waals surface area contributed by atoms with Crippen molar-refractivity contribution in [3.63, 3.8) is 0 Å². The summed E-state index contributed by atoms with van der Waals surface area (Å²) < 4.78 is 11.8. The van der Waals surface area contributed by atoms with E-state index in [1.807, 2.05) is 30.5 Å². The Hall–Kier alpha value is -3.94. The van der Waals surface area contributed by atoms with Crippen molar-refractivity contribution in [1.82, 2.24) is 0 Å². The first-order valence-electron chi connectivity index (χ1n) is 11.0. The molecule has 1 fully saturated rings. The Morgan fingerprint density at radius 2 is 1.79 bits per heavy atom. The molecule has 0 bridgehead atoms. The van der Waals surface area contributed by atoms with E-state index < -0.39 is 21.2 Å². The molecule has 1 aliphatic rings. The summed E-state index contributed by atoms with van der Waals surface area (Å²) in [5.74, 6) is 0.0140. The molecule has 1 aliphatic heterocycles. The number of ether oxygens (including phenoxy) is 2. The number of nitro benzene ring substituents is 2. The highest BCUT2D eigenvalue weighted by molar-refractivity contribution is 8.27. The smallest absolute Gasteiger partial charge is 0.318 e. The molecule has 3 aromatic carbocycles. The van der Waals surface area contributed by atoms with Crippen molar-refractivity contribution in [3.05, 3.63) is 91.4 Å². The molecule has 0 spiro atoms. The average Bonchev–Trinajstić information content (AvgIpc) is 3.17. The van der Waals surface area contributed by atoms with Crippen molar-refractivity contribution in [2.24, 2.45) is 0 Å². The number of non-ortho nitro benzene ring substituents is 1. The predicted molar refractivity (Wildman–Crippen MR) is 151 cm³/mol. The zero-order chi connectivity index (χ0) is 27.4. The van der Waals surface area contributed by atoms with Gasteiger partial charge in [-0.3, -0.25) is 29.9 Å². The van der Waals surface area contributed by atoms with Crippen LogP contribution in [0.15, 0.2) is 70.5 Å². The molecule has 0 saturated carbocycles. The molecule has 38 heavy (non-hydrogen) atoms. The normalized spacial score (nSPS) is 14.2. The number of thioether (sulfide) groups is 2. The zero-order valence-corrected chi connectivity index (χ0v) is 22.4. The van der Waals surface area contributed by atoms with Gasteiger partial charge in [-0.05, 0) is 61.2 Å². The number of amides is 1. The number of rotatable bonds is 9. The molecule has 0 unspecified atom stereocenters. The molecule has 0 N–H and O–H groups in total. The van der Waals surface area contributed by atoms with Crippen LogP contribution in [-0.2, 0) is 4.79 Å². The second-order valence-corrected chi connectivity index (χ2v) is 10.2. The van der Waals surface area contributed by atoms with Gasteiger partial charge in [0.15, 0.2) is 15.8 Å². The van der Waals surface area contributed by atoms with Gasteiger partial charge in [-0.2, -0.15) is 0 Å². The van der Waals surface area contributed by atoms with E-state index in [0.717, 1.165) is 23.1 Å². The number of anilines is 1. The third-order valence-corrected chi connectivity index (χ3v) is 7.27. The molecular weight excluding hydrogens is 550 g/mol. The first kappa shape index (κ1) is 27.1. The van der Waals surface area contributed by atoms with Crippen molar-refractivity contribution in [2.45, 2.75) is 11.8 Å². The predicted octanol–water partition coefficient (Wildman–Crippen LogP) is 6.82. The van der Waals surface area contributed by atoms with Crippen LogP contribution in [0.1, 0.15) is 12.5 Å². The van der Waals surface area contributed by atoms with Crippen LogP contribution in [-0.4, -0.2) is 32.9 Å². The van der Waals surface area contributed by atoms with Crippen LogP contribution in [0, 0.1) is 20.2 Å². The minimum absolute atomic E-state index is 0.169. The summed E-state index contributed by atoms with van der Waals surface area (Å²) in [5, 5.41) is 22.5. The van der Waals surface area contributed by atoms with Crippen molar-refractivity contribution >= 4 is 69.1 Å². The van der Waals surface area contributed by atoms with Crippen molar-refractivity contribution < 1.29 is 24.1 Å². The summed E-state index contributed by atoms with van der Waals surface area (Å²) in [7, 11) is 0. The lowest BCUT2D eigenvalue weighted by Crippen LogP contribution is -2.27. The van der Waals surface area contributed by atoms with Crippen LogP contribution < -0.4 is 14.4 Å². The average molecular weight is 570 g/mol. The molecule has 3 aromatic rings. The number of hydrogen-bond donors (Lipinski definition) is 0. The van der Waals surface area contributed by atoms with E-state index in [1.165, 1.54) is 16.7 Å². The lowest BCUT2D eigenvalue weighted by molar-refractivity contribution is -0.394. The van der Waals surface area contributed by atoms with Gasteiger partial charge in [-0.15, -0.1) is 11.8 Å². The van der Waals surface area contributed by atoms with Gasteiger partial charge in [-0.1, -0.05) is 36.1 Å². The van der Waals surface area contributed by atoms with Crippen molar-refractivity contribution in [1.29, 1.82) is 0 Å². The number of thiocarbonyl (C=S) groups is 1. The number of nitro groups is 2. The summed E-state index contributed by atoms with van der Waals surface area (Å²) in [6.45, 7) is 2.04. The second-order valence-electron chi connectivity index (χ2n) is 7.63. The first-order valence-corrected chi connectivity index (χ1v) is 13.5. The molecule has 1 amide bonds. The van der Waals surface area contributed by atoms with E-state index in [9.17, 15) is 25.0 Å². The molecule has 194 valence electrons. The molecule has 4 rings (SSSR count). The maximum Gasteiger partial charge on any atom is 0.318 e. The number of carbonyl (C=O) groups excluding carboxylic acids is 1. The largest absolute Gasteiger partial charge is 0.490 e. The Morgan fingerprint density at radius 1 is 1.03 bits per heavy atom. The van der Waals surface area contributed by atoms with Crippen molar-refractivity contribution in [2.75, 3.05) is 17.8 Å². The Kier molecular flexibility index (Phi) is 8.29. The lowest BCUT2D eigenvalue weighted by Gasteiger charge is -2.15. The Labute approximate surface area is 230 Å². The first-order chi connectivity index (χ1) is 18.2. The molecule has 10 nitrogen and oxygen atoms in total. The second kappa shape index (κ2) is 11.6. The van der Waals surface area contributed by atoms with Gasteiger partial charge in [0.05, 0.1) is 33.1 Å². The molecule has 1 saturated heterocycles. The van der Waals surface area contributed by atoms with Crippen LogP contribution in [0.2, 0.25) is 0 Å². The van der Waals surface area contributed by atoms with E-state index in [-0.39, 0.29) is 29.8 Å². The van der Waals surface area contributed by atoms with E-state index in [4.69, 9.17) is 21.7 Å². The molecule has 13 heteroatoms. The highest BCUT2D eigenvalue weighted by Crippen LogP contribution is 2.40. The van der Waals surface area contributed by atoms with E-state index in [2.05, 4.69) is 0 Å². The minimum atomic E-state index is -0.756. The van der Waals surface area contributed by atoms with E-state index in [1.54, 1.807) is 43.0 Å². The van der Waals surface area contributed by atoms with Crippen LogP contribution in [0.5, 0.6) is 17.2 Å². The van der Waals surface area contributed by atoms with E-state index >= 15 is 0 Å². The summed E-state index contributed by atoms with van der Waals surface area (Å²) in [4.78, 5) is 37.1. The van der Waals surface area contributed by atoms with Crippen LogP contribution >= 0.6 is 35.7 Å². The standard InChI is InChI=1S/C25H19N3O7S3/c1-3-34-22-11-15(7-9-21(22)35-20-10-8-17(27(30)31)14-19(20)28(32)33)12-23-24(29)26(25(36)38-23)16-5-4-6-18(13-16)37-2/h4-14H,3H2,1-2H3/b23-12+. The van der Waals surface area contributed by atoms with Gasteiger partial charge < -0.3 is 9.47 Å². The van der Waals surface area contributed by atoms with Gasteiger partial charge in [0.25, 0.3) is 11.6 Å². The lowest BCUT2D eigenvalue weighted by atomic mass is 10.1. The molecule has 0 aliphatic carbocycles. The molecular formula is C25H19N3O7S3. The van der Waals surface area contributed by atoms with Gasteiger partial charge in [0, 0.05) is 11.0 Å². The fourth-order valence-electron chi connectivity index (χ4n) is 3.53. The maximum absolute atomic E-state index is 13.2. The number of benzene rings is 3. The van der Waals surface area contributed by atoms with Gasteiger partial charge in [0.2, 0.25) is 5.75 Å². The maximum atomic E-state index is 13.2. The molecule has 0 radical (unpaired) electrons. The van der Waals surface area contributed by atoms with Gasteiger partial charge in [-0.25, -0.2) is 0 Å². The summed E-state index contributed by atoms with van der Waals surface area (Å²) in [6, 6.07) is 15.5. The number of carbonyl (C=O) groups is 1. The van der Waals surface area contributed by atoms with Crippen LogP contribution in [0.4, 0.5) is 17.1 Å². The summed E-state index contributed by atoms with van der Waals surface area (Å²) >= 11 is 8.21. The minimum Gasteiger partial charge on any atom is -0.490 e. The summed E-state index contributed by atoms with van der Waals surface area (Å²) in [6.07, 6.45) is 3.63. The van der Waals surface area contributed by atoms with Crippen LogP contribution in [0.25, 0.3) is 6.08 Å². The fraction of sp³-hybridized carbons (Fsp3) is 0.120. The molecule has 0 atom stereocenters. The highest BCUT2D eigenvalue weighted by atomic mass is 32.2. The number of hydrogen-bond acceptors (Lipinski definition) is 10. The Balaban J connectivity index is 1.64. The number of nitrogens with zero attached hydrogens (tertiary/aromatic N) is 3. The third-order valence-electron chi connectivity index (χ3n) is 5.24. The Morgan fingerprint density at radius 3 is 2.47 bits per heavy atom. The van der Waals surface area contributed by atoms with Crippen LogP contribution in [0.3, 0.4) is 0 Å². The molecule has 0 aromatic heterocycles. The Bertz CT molecular complexity index is 1490. The monoisotopic (exact) mass is 569 g/mol. The molecule has 1 heterocycles. The van der Waals surface area contributed by atoms with Gasteiger partial charge >= 0.3 is 5.69 Å². The quantitative estimate of drug-likeness (QED) is 0.0890. The topological polar surface area (TPSA) is 125 Å². The fourth-order valence-corrected chi connectivity index (χ4v) is 5.28. The summed E-state index contributed by atoms with van der Waals surface area (Å²) in [5.41, 5.74) is 0.324. The third kappa shape index (κ3) is 5.79. The van der Waals surface area contributed by atoms with Gasteiger partial charge in [0.1, 0.15) is 0 Å².